The van der Waals surface area contributed by atoms with Crippen molar-refractivity contribution >= 4 is 24.2 Å². The molecule has 1 aromatic rings. The maximum Gasteiger partial charge on any atom is 0.495 e. The molecule has 1 heterocycles. The number of benzene rings is 1. The van der Waals surface area contributed by atoms with Crippen LogP contribution in [0.15, 0.2) is 18.2 Å². The molecule has 0 bridgehead atoms. The second-order valence-corrected chi connectivity index (χ2v) is 6.86. The molecule has 20 heavy (non-hydrogen) atoms. The van der Waals surface area contributed by atoms with E-state index in [1.165, 1.54) is 0 Å². The normalized spacial score (nSPS) is 22.1. The third-order valence-corrected chi connectivity index (χ3v) is 4.52. The molecule has 0 saturated carbocycles. The lowest BCUT2D eigenvalue weighted by atomic mass is 9.75. The van der Waals surface area contributed by atoms with Gasteiger partial charge >= 0.3 is 7.12 Å². The minimum Gasteiger partial charge on any atom is -0.399 e. The Labute approximate surface area is 126 Å². The molecular formula is C15H22BClO3. The number of hydrogen-bond acceptors (Lipinski definition) is 3. The molecule has 1 aromatic carbocycles. The summed E-state index contributed by atoms with van der Waals surface area (Å²) < 4.78 is 12.1. The lowest BCUT2D eigenvalue weighted by Crippen LogP contribution is -2.41. The molecule has 1 aliphatic heterocycles. The summed E-state index contributed by atoms with van der Waals surface area (Å²) in [6.07, 6.45) is 0.0232. The fourth-order valence-corrected chi connectivity index (χ4v) is 2.54. The SMILES string of the molecule is CC(O)Cc1c(Cl)cccc1B1OC(C)(C)C(C)(C)O1. The van der Waals surface area contributed by atoms with Crippen molar-refractivity contribution in [2.24, 2.45) is 0 Å². The van der Waals surface area contributed by atoms with Gasteiger partial charge in [-0.05, 0) is 58.1 Å². The van der Waals surface area contributed by atoms with E-state index in [1.807, 2.05) is 45.9 Å². The Hall–Kier alpha value is -0.545. The second kappa shape index (κ2) is 5.34. The van der Waals surface area contributed by atoms with E-state index in [9.17, 15) is 5.11 Å². The molecule has 1 aliphatic rings. The van der Waals surface area contributed by atoms with Crippen LogP contribution in [0.1, 0.15) is 40.2 Å². The number of halogens is 1. The molecule has 0 aliphatic carbocycles. The maximum absolute atomic E-state index is 9.66. The maximum atomic E-state index is 9.66. The van der Waals surface area contributed by atoms with Crippen LogP contribution >= 0.6 is 11.6 Å². The number of rotatable bonds is 3. The summed E-state index contributed by atoms with van der Waals surface area (Å²) in [5.74, 6) is 0. The first-order valence-corrected chi connectivity index (χ1v) is 7.33. The van der Waals surface area contributed by atoms with E-state index in [0.717, 1.165) is 11.0 Å². The Morgan fingerprint density at radius 2 is 1.75 bits per heavy atom. The zero-order valence-electron chi connectivity index (χ0n) is 12.7. The predicted octanol–water partition coefficient (Wildman–Crippen LogP) is 2.56. The Morgan fingerprint density at radius 1 is 1.20 bits per heavy atom. The van der Waals surface area contributed by atoms with Crippen molar-refractivity contribution in [1.82, 2.24) is 0 Å². The van der Waals surface area contributed by atoms with Crippen molar-refractivity contribution in [1.29, 1.82) is 0 Å². The summed E-state index contributed by atoms with van der Waals surface area (Å²) in [5, 5.41) is 10.3. The summed E-state index contributed by atoms with van der Waals surface area (Å²) in [5.41, 5.74) is 1.02. The second-order valence-electron chi connectivity index (χ2n) is 6.45. The van der Waals surface area contributed by atoms with Crippen LogP contribution < -0.4 is 5.46 Å². The highest BCUT2D eigenvalue weighted by Gasteiger charge is 2.52. The molecule has 2 rings (SSSR count). The Bertz CT molecular complexity index is 484. The summed E-state index contributed by atoms with van der Waals surface area (Å²) >= 11 is 6.27. The molecule has 3 nitrogen and oxygen atoms in total. The fourth-order valence-electron chi connectivity index (χ4n) is 2.28. The molecule has 1 atom stereocenters. The highest BCUT2D eigenvalue weighted by atomic mass is 35.5. The van der Waals surface area contributed by atoms with Crippen LogP contribution in [0.25, 0.3) is 0 Å². The number of aliphatic hydroxyl groups excluding tert-OH is 1. The Kier molecular flexibility index (Phi) is 4.23. The quantitative estimate of drug-likeness (QED) is 0.871. The van der Waals surface area contributed by atoms with Gasteiger partial charge in [0.05, 0.1) is 17.3 Å². The number of aliphatic hydroxyl groups is 1. The average molecular weight is 297 g/mol. The summed E-state index contributed by atoms with van der Waals surface area (Å²) in [7, 11) is -0.451. The first kappa shape index (κ1) is 15.8. The molecule has 110 valence electrons. The van der Waals surface area contributed by atoms with Gasteiger partial charge in [0.25, 0.3) is 0 Å². The van der Waals surface area contributed by atoms with Crippen molar-refractivity contribution in [2.45, 2.75) is 58.3 Å². The zero-order valence-corrected chi connectivity index (χ0v) is 13.5. The van der Waals surface area contributed by atoms with E-state index in [1.54, 1.807) is 6.92 Å². The summed E-state index contributed by atoms with van der Waals surface area (Å²) in [6, 6.07) is 5.66. The van der Waals surface area contributed by atoms with Crippen LogP contribution in [0.3, 0.4) is 0 Å². The third kappa shape index (κ3) is 2.89. The molecule has 0 aromatic heterocycles. The van der Waals surface area contributed by atoms with Gasteiger partial charge in [-0.3, -0.25) is 0 Å². The molecule has 0 amide bonds. The van der Waals surface area contributed by atoms with Crippen LogP contribution in [-0.4, -0.2) is 29.5 Å². The topological polar surface area (TPSA) is 38.7 Å². The van der Waals surface area contributed by atoms with Crippen molar-refractivity contribution in [3.05, 3.63) is 28.8 Å². The van der Waals surface area contributed by atoms with Crippen LogP contribution in [0, 0.1) is 0 Å². The van der Waals surface area contributed by atoms with Gasteiger partial charge in [-0.15, -0.1) is 0 Å². The number of hydrogen-bond donors (Lipinski definition) is 1. The van der Waals surface area contributed by atoms with Crippen LogP contribution in [0.5, 0.6) is 0 Å². The van der Waals surface area contributed by atoms with Gasteiger partial charge in [-0.1, -0.05) is 23.7 Å². The summed E-state index contributed by atoms with van der Waals surface area (Å²) in [4.78, 5) is 0. The van der Waals surface area contributed by atoms with Crippen LogP contribution in [-0.2, 0) is 15.7 Å². The molecule has 1 N–H and O–H groups in total. The molecule has 0 radical (unpaired) electrons. The van der Waals surface area contributed by atoms with E-state index in [4.69, 9.17) is 20.9 Å². The van der Waals surface area contributed by atoms with E-state index in [0.29, 0.717) is 11.4 Å². The van der Waals surface area contributed by atoms with Gasteiger partial charge in [0.2, 0.25) is 0 Å². The summed E-state index contributed by atoms with van der Waals surface area (Å²) in [6.45, 7) is 9.83. The lowest BCUT2D eigenvalue weighted by Gasteiger charge is -2.32. The predicted molar refractivity (Wildman–Crippen MR) is 82.6 cm³/mol. The minimum atomic E-state index is -0.462. The monoisotopic (exact) mass is 296 g/mol. The van der Waals surface area contributed by atoms with E-state index in [2.05, 4.69) is 0 Å². The average Bonchev–Trinajstić information content (AvgIpc) is 2.50. The van der Waals surface area contributed by atoms with E-state index >= 15 is 0 Å². The molecule has 5 heteroatoms. The van der Waals surface area contributed by atoms with E-state index in [-0.39, 0.29) is 11.2 Å². The Morgan fingerprint density at radius 3 is 2.25 bits per heavy atom. The smallest absolute Gasteiger partial charge is 0.399 e. The lowest BCUT2D eigenvalue weighted by molar-refractivity contribution is 0.00578. The highest BCUT2D eigenvalue weighted by molar-refractivity contribution is 6.63. The van der Waals surface area contributed by atoms with E-state index < -0.39 is 13.2 Å². The van der Waals surface area contributed by atoms with Crippen molar-refractivity contribution in [3.8, 4) is 0 Å². The standard InChI is InChI=1S/C15H22BClO3/c1-10(18)9-11-12(7-6-8-13(11)17)16-19-14(2,3)15(4,5)20-16/h6-8,10,18H,9H2,1-5H3. The zero-order chi connectivity index (χ0) is 15.1. The first-order valence-electron chi connectivity index (χ1n) is 6.95. The van der Waals surface area contributed by atoms with Gasteiger partial charge in [0, 0.05) is 5.02 Å². The molecule has 1 saturated heterocycles. The molecule has 1 unspecified atom stereocenters. The highest BCUT2D eigenvalue weighted by Crippen LogP contribution is 2.37. The molecular weight excluding hydrogens is 274 g/mol. The van der Waals surface area contributed by atoms with Crippen LogP contribution in [0.2, 0.25) is 5.02 Å². The van der Waals surface area contributed by atoms with Gasteiger partial charge < -0.3 is 14.4 Å². The first-order chi connectivity index (χ1) is 9.14. The van der Waals surface area contributed by atoms with Crippen molar-refractivity contribution in [3.63, 3.8) is 0 Å². The Balaban J connectivity index is 2.37. The van der Waals surface area contributed by atoms with Crippen molar-refractivity contribution < 1.29 is 14.4 Å². The fraction of sp³-hybridized carbons (Fsp3) is 0.600. The molecule has 1 fully saturated rings. The van der Waals surface area contributed by atoms with Gasteiger partial charge in [-0.2, -0.15) is 0 Å². The van der Waals surface area contributed by atoms with Gasteiger partial charge in [0.1, 0.15) is 0 Å². The third-order valence-electron chi connectivity index (χ3n) is 4.16. The minimum absolute atomic E-state index is 0.387. The van der Waals surface area contributed by atoms with Crippen LogP contribution in [0.4, 0.5) is 0 Å². The largest absolute Gasteiger partial charge is 0.495 e. The molecule has 0 spiro atoms. The van der Waals surface area contributed by atoms with Gasteiger partial charge in [0.15, 0.2) is 0 Å². The van der Waals surface area contributed by atoms with Crippen molar-refractivity contribution in [2.75, 3.05) is 0 Å². The van der Waals surface area contributed by atoms with Gasteiger partial charge in [-0.25, -0.2) is 0 Å².